The minimum atomic E-state index is -4.76. The first-order chi connectivity index (χ1) is 33.2. The van der Waals surface area contributed by atoms with Gasteiger partial charge in [-0.15, -0.1) is 0 Å². The number of esters is 3. The van der Waals surface area contributed by atoms with E-state index >= 15 is 0 Å². The Labute approximate surface area is 414 Å². The second-order valence-corrected chi connectivity index (χ2v) is 19.1. The van der Waals surface area contributed by atoms with Crippen molar-refractivity contribution in [3.05, 3.63) is 72.9 Å². The lowest BCUT2D eigenvalue weighted by Crippen LogP contribution is -2.30. The van der Waals surface area contributed by atoms with Crippen molar-refractivity contribution in [1.82, 2.24) is 0 Å². The van der Waals surface area contributed by atoms with E-state index in [1.807, 2.05) is 12.2 Å². The molecule has 392 valence electrons. The van der Waals surface area contributed by atoms with Crippen LogP contribution < -0.4 is 0 Å². The molecule has 0 heterocycles. The average Bonchev–Trinajstić information content (AvgIpc) is 3.32. The van der Waals surface area contributed by atoms with E-state index in [0.717, 1.165) is 83.5 Å². The van der Waals surface area contributed by atoms with Crippen molar-refractivity contribution in [2.24, 2.45) is 0 Å². The minimum absolute atomic E-state index is 0.00785. The third kappa shape index (κ3) is 48.0. The maximum absolute atomic E-state index is 12.8. The Hall–Kier alpha value is -3.08. The summed E-state index contributed by atoms with van der Waals surface area (Å²) in [7, 11) is -4.76. The van der Waals surface area contributed by atoms with Crippen molar-refractivity contribution in [2.45, 2.75) is 238 Å². The molecule has 0 rings (SSSR count). The minimum Gasteiger partial charge on any atom is -0.461 e. The number of hydrogen-bond acceptors (Lipinski definition) is 10. The van der Waals surface area contributed by atoms with Crippen molar-refractivity contribution in [1.29, 1.82) is 0 Å². The summed E-state index contributed by atoms with van der Waals surface area (Å²) < 4.78 is 39.2. The Kier molecular flexibility index (Phi) is 48.0. The number of rotatable bonds is 49. The van der Waals surface area contributed by atoms with Crippen LogP contribution in [0.3, 0.4) is 0 Å². The second kappa shape index (κ2) is 50.3. The normalized spacial score (nSPS) is 14.0. The molecule has 11 nitrogen and oxygen atoms in total. The molecule has 0 aliphatic rings. The Morgan fingerprint density at radius 3 is 1.24 bits per heavy atom. The molecule has 0 aromatic heterocycles. The number of aliphatic hydroxyl groups is 1. The van der Waals surface area contributed by atoms with E-state index in [4.69, 9.17) is 23.3 Å². The number of phosphoric acid groups is 1. The maximum Gasteiger partial charge on any atom is 0.472 e. The third-order valence-corrected chi connectivity index (χ3v) is 12.1. The number of phosphoric ester groups is 1. The molecule has 0 amide bonds. The van der Waals surface area contributed by atoms with Crippen LogP contribution in [0.15, 0.2) is 72.9 Å². The van der Waals surface area contributed by atoms with Crippen molar-refractivity contribution in [3.63, 3.8) is 0 Å². The number of hydrogen-bond donors (Lipinski definition) is 2. The van der Waals surface area contributed by atoms with Gasteiger partial charge >= 0.3 is 25.7 Å². The van der Waals surface area contributed by atoms with Crippen molar-refractivity contribution >= 4 is 25.7 Å². The van der Waals surface area contributed by atoms with Gasteiger partial charge < -0.3 is 24.2 Å². The zero-order valence-electron chi connectivity index (χ0n) is 43.1. The molecule has 0 aromatic carbocycles. The quantitative estimate of drug-likeness (QED) is 0.0197. The van der Waals surface area contributed by atoms with Crippen LogP contribution in [0.25, 0.3) is 0 Å². The smallest absolute Gasteiger partial charge is 0.461 e. The van der Waals surface area contributed by atoms with Gasteiger partial charge in [0.1, 0.15) is 12.7 Å². The van der Waals surface area contributed by atoms with Crippen LogP contribution in [0.4, 0.5) is 0 Å². The Morgan fingerprint density at radius 2 is 0.809 bits per heavy atom. The third-order valence-electron chi connectivity index (χ3n) is 11.1. The number of allylic oxidation sites excluding steroid dienone is 11. The van der Waals surface area contributed by atoms with Crippen LogP contribution in [-0.4, -0.2) is 66.5 Å². The molecule has 3 atom stereocenters. The molecule has 0 aliphatic heterocycles. The van der Waals surface area contributed by atoms with E-state index in [-0.39, 0.29) is 19.3 Å². The molecule has 0 saturated carbocycles. The summed E-state index contributed by atoms with van der Waals surface area (Å²) in [6, 6.07) is 0. The molecular weight excluding hydrogens is 880 g/mol. The highest BCUT2D eigenvalue weighted by atomic mass is 31.2. The standard InChI is InChI=1S/C56H97O11P/c1-4-7-10-13-16-19-22-24-26-28-31-33-36-39-42-45-54(58)63-49-53(67-56(60)47-44-41-38-35-32-29-27-25-23-20-17-14-11-8-5-2)51-65-68(61,62)64-50-52(48-57)66-55(59)46-43-40-37-34-30-21-18-15-12-9-6-3/h7,10,16,19,24-27,31,33,39,42,52-53,57H,4-6,8-9,11-15,17-18,20-23,28-30,32,34-38,40-41,43-51H2,1-3H3,(H,61,62)/b10-7-,19-16-,26-24-,27-25-,33-31-,42-39-. The molecule has 0 fully saturated rings. The zero-order valence-corrected chi connectivity index (χ0v) is 43.9. The number of ether oxygens (including phenoxy) is 3. The molecule has 0 aliphatic carbocycles. The van der Waals surface area contributed by atoms with Crippen LogP contribution in [0.5, 0.6) is 0 Å². The molecular formula is C56H97O11P. The lowest BCUT2D eigenvalue weighted by molar-refractivity contribution is -0.161. The largest absolute Gasteiger partial charge is 0.472 e. The molecule has 2 N–H and O–H groups in total. The first-order valence-corrected chi connectivity index (χ1v) is 28.3. The summed E-state index contributed by atoms with van der Waals surface area (Å²) >= 11 is 0. The van der Waals surface area contributed by atoms with Crippen LogP contribution in [0, 0.1) is 0 Å². The molecule has 0 bridgehead atoms. The van der Waals surface area contributed by atoms with E-state index in [0.29, 0.717) is 19.3 Å². The van der Waals surface area contributed by atoms with Gasteiger partial charge in [0.05, 0.1) is 26.2 Å². The summed E-state index contributed by atoms with van der Waals surface area (Å²) in [6.45, 7) is 4.39. The monoisotopic (exact) mass is 977 g/mol. The molecule has 0 spiro atoms. The van der Waals surface area contributed by atoms with Crippen molar-refractivity contribution in [2.75, 3.05) is 26.4 Å². The average molecular weight is 977 g/mol. The zero-order chi connectivity index (χ0) is 49.9. The number of carbonyl (C=O) groups is 3. The van der Waals surface area contributed by atoms with Crippen LogP contribution in [0.1, 0.15) is 226 Å². The highest BCUT2D eigenvalue weighted by Gasteiger charge is 2.28. The summed E-state index contributed by atoms with van der Waals surface area (Å²) in [5.74, 6) is -1.63. The van der Waals surface area contributed by atoms with Gasteiger partial charge in [-0.25, -0.2) is 4.57 Å². The SMILES string of the molecule is CC/C=C\C/C=C\C/C=C\C/C=C\C/C=C\CC(=O)OCC(COP(=O)(O)OCC(CO)OC(=O)CCCCCCCCCCCCC)OC(=O)CCCCCCC/C=C\CCCCCCCC. The molecule has 68 heavy (non-hydrogen) atoms. The molecule has 12 heteroatoms. The number of carbonyl (C=O) groups excluding carboxylic acids is 3. The van der Waals surface area contributed by atoms with E-state index in [9.17, 15) is 28.9 Å². The first kappa shape index (κ1) is 64.9. The Morgan fingerprint density at radius 1 is 0.441 bits per heavy atom. The summed E-state index contributed by atoms with van der Waals surface area (Å²) in [5.41, 5.74) is 0. The van der Waals surface area contributed by atoms with Gasteiger partial charge in [0.15, 0.2) is 6.10 Å². The van der Waals surface area contributed by atoms with Crippen molar-refractivity contribution < 1.29 is 52.2 Å². The van der Waals surface area contributed by atoms with Crippen LogP contribution >= 0.6 is 7.82 Å². The van der Waals surface area contributed by atoms with Gasteiger partial charge in [0.25, 0.3) is 0 Å². The molecule has 0 aromatic rings. The van der Waals surface area contributed by atoms with Gasteiger partial charge in [0, 0.05) is 12.8 Å². The highest BCUT2D eigenvalue weighted by Crippen LogP contribution is 2.43. The maximum atomic E-state index is 12.8. The second-order valence-electron chi connectivity index (χ2n) is 17.7. The van der Waals surface area contributed by atoms with E-state index in [1.165, 1.54) is 83.5 Å². The summed E-state index contributed by atoms with van der Waals surface area (Å²) in [5, 5.41) is 9.77. The molecule has 0 saturated heterocycles. The number of aliphatic hydroxyl groups excluding tert-OH is 1. The predicted octanol–water partition coefficient (Wildman–Crippen LogP) is 15.4. The molecule has 0 radical (unpaired) electrons. The summed E-state index contributed by atoms with van der Waals surface area (Å²) in [6.07, 6.45) is 54.7. The van der Waals surface area contributed by atoms with Gasteiger partial charge in [-0.3, -0.25) is 23.4 Å². The van der Waals surface area contributed by atoms with Crippen LogP contribution in [0.2, 0.25) is 0 Å². The van der Waals surface area contributed by atoms with Gasteiger partial charge in [-0.1, -0.05) is 209 Å². The van der Waals surface area contributed by atoms with E-state index in [2.05, 4.69) is 75.5 Å². The predicted molar refractivity (Wildman–Crippen MR) is 279 cm³/mol. The van der Waals surface area contributed by atoms with Gasteiger partial charge in [0.2, 0.25) is 0 Å². The highest BCUT2D eigenvalue weighted by molar-refractivity contribution is 7.47. The Balaban J connectivity index is 4.86. The van der Waals surface area contributed by atoms with E-state index in [1.54, 1.807) is 6.08 Å². The molecule has 3 unspecified atom stereocenters. The topological polar surface area (TPSA) is 155 Å². The fourth-order valence-electron chi connectivity index (χ4n) is 7.07. The Bertz CT molecular complexity index is 1420. The fraction of sp³-hybridized carbons (Fsp3) is 0.732. The summed E-state index contributed by atoms with van der Waals surface area (Å²) in [4.78, 5) is 48.3. The van der Waals surface area contributed by atoms with Crippen LogP contribution in [-0.2, 0) is 42.2 Å². The number of unbranched alkanes of at least 4 members (excludes halogenated alkanes) is 21. The van der Waals surface area contributed by atoms with Crippen molar-refractivity contribution in [3.8, 4) is 0 Å². The van der Waals surface area contributed by atoms with Gasteiger partial charge in [-0.05, 0) is 70.6 Å². The van der Waals surface area contributed by atoms with Gasteiger partial charge in [-0.2, -0.15) is 0 Å². The van der Waals surface area contributed by atoms with E-state index < -0.39 is 64.4 Å². The lowest BCUT2D eigenvalue weighted by Gasteiger charge is -2.21. The lowest BCUT2D eigenvalue weighted by atomic mass is 10.1. The first-order valence-electron chi connectivity index (χ1n) is 26.8. The fourth-order valence-corrected chi connectivity index (χ4v) is 7.85.